The van der Waals surface area contributed by atoms with E-state index in [0.717, 1.165) is 31.0 Å². The van der Waals surface area contributed by atoms with Gasteiger partial charge in [-0.25, -0.2) is 8.78 Å². The highest BCUT2D eigenvalue weighted by Crippen LogP contribution is 2.17. The molecule has 5 heteroatoms. The maximum Gasteiger partial charge on any atom is 0.272 e. The molecule has 0 aromatic carbocycles. The zero-order valence-corrected chi connectivity index (χ0v) is 9.38. The minimum Gasteiger partial charge on any atom is -0.314 e. The van der Waals surface area contributed by atoms with E-state index in [4.69, 9.17) is 0 Å². The molecule has 1 saturated heterocycles. The van der Waals surface area contributed by atoms with Crippen LogP contribution in [0.5, 0.6) is 0 Å². The lowest BCUT2D eigenvalue weighted by Gasteiger charge is -2.25. The van der Waals surface area contributed by atoms with E-state index in [9.17, 15) is 8.78 Å². The van der Waals surface area contributed by atoms with Gasteiger partial charge in [-0.1, -0.05) is 0 Å². The van der Waals surface area contributed by atoms with Gasteiger partial charge in [0.15, 0.2) is 0 Å². The van der Waals surface area contributed by atoms with E-state index in [1.165, 1.54) is 0 Å². The summed E-state index contributed by atoms with van der Waals surface area (Å²) in [6.07, 6.45) is 1.03. The van der Waals surface area contributed by atoms with E-state index in [1.54, 1.807) is 7.05 Å². The third-order valence-corrected chi connectivity index (χ3v) is 3.25. The van der Waals surface area contributed by atoms with Gasteiger partial charge >= 0.3 is 0 Å². The number of thioether (sulfide) groups is 1. The van der Waals surface area contributed by atoms with Crippen LogP contribution in [0.1, 0.15) is 6.42 Å². The molecule has 1 rings (SSSR count). The fourth-order valence-corrected chi connectivity index (χ4v) is 2.52. The van der Waals surface area contributed by atoms with Gasteiger partial charge in [0.2, 0.25) is 0 Å². The fourth-order valence-electron chi connectivity index (χ4n) is 1.60. The summed E-state index contributed by atoms with van der Waals surface area (Å²) in [5.74, 6) is -0.506. The standard InChI is InChI=1S/C9H18F2N2S/c1-12-7-9(10,11)8-13-3-2-5-14-6-4-13/h12H,2-8H2,1H3. The normalized spacial score (nSPS) is 20.8. The second-order valence-electron chi connectivity index (χ2n) is 3.63. The van der Waals surface area contributed by atoms with E-state index in [1.807, 2.05) is 16.7 Å². The molecule has 1 aliphatic heterocycles. The van der Waals surface area contributed by atoms with Crippen LogP contribution in [0.15, 0.2) is 0 Å². The Kier molecular flexibility index (Phi) is 5.12. The predicted molar refractivity (Wildman–Crippen MR) is 57.3 cm³/mol. The largest absolute Gasteiger partial charge is 0.314 e. The van der Waals surface area contributed by atoms with Crippen LogP contribution in [0.4, 0.5) is 8.78 Å². The highest BCUT2D eigenvalue weighted by Gasteiger charge is 2.30. The van der Waals surface area contributed by atoms with Crippen molar-refractivity contribution in [3.63, 3.8) is 0 Å². The summed E-state index contributed by atoms with van der Waals surface area (Å²) in [7, 11) is 1.56. The van der Waals surface area contributed by atoms with Gasteiger partial charge in [0.1, 0.15) is 0 Å². The van der Waals surface area contributed by atoms with Crippen molar-refractivity contribution >= 4 is 11.8 Å². The molecule has 0 spiro atoms. The van der Waals surface area contributed by atoms with Crippen LogP contribution in [0.2, 0.25) is 0 Å². The molecule has 0 bridgehead atoms. The number of halogens is 2. The smallest absolute Gasteiger partial charge is 0.272 e. The lowest BCUT2D eigenvalue weighted by Crippen LogP contribution is -2.43. The minimum atomic E-state index is -2.59. The second-order valence-corrected chi connectivity index (χ2v) is 4.85. The molecule has 0 aromatic heterocycles. The molecule has 14 heavy (non-hydrogen) atoms. The van der Waals surface area contributed by atoms with Crippen LogP contribution in [-0.4, -0.2) is 55.6 Å². The monoisotopic (exact) mass is 224 g/mol. The Balaban J connectivity index is 2.33. The lowest BCUT2D eigenvalue weighted by atomic mass is 10.3. The number of nitrogens with one attached hydrogen (secondary N) is 1. The van der Waals surface area contributed by atoms with Crippen molar-refractivity contribution in [2.45, 2.75) is 12.3 Å². The topological polar surface area (TPSA) is 15.3 Å². The Morgan fingerprint density at radius 3 is 2.86 bits per heavy atom. The van der Waals surface area contributed by atoms with Crippen molar-refractivity contribution in [3.8, 4) is 0 Å². The fraction of sp³-hybridized carbons (Fsp3) is 1.00. The molecule has 84 valence electrons. The van der Waals surface area contributed by atoms with Gasteiger partial charge in [0.05, 0.1) is 13.1 Å². The number of hydrogen-bond donors (Lipinski definition) is 1. The Hall–Kier alpha value is 0.130. The summed E-state index contributed by atoms with van der Waals surface area (Å²) in [6, 6.07) is 0. The van der Waals surface area contributed by atoms with Crippen LogP contribution in [-0.2, 0) is 0 Å². The van der Waals surface area contributed by atoms with Gasteiger partial charge in [-0.15, -0.1) is 0 Å². The molecule has 0 atom stereocenters. The van der Waals surface area contributed by atoms with Crippen molar-refractivity contribution in [3.05, 3.63) is 0 Å². The first-order valence-electron chi connectivity index (χ1n) is 4.96. The summed E-state index contributed by atoms with van der Waals surface area (Å²) in [5.41, 5.74) is 0. The highest BCUT2D eigenvalue weighted by atomic mass is 32.2. The Bertz CT molecular complexity index is 159. The molecule has 0 unspecified atom stereocenters. The molecule has 2 nitrogen and oxygen atoms in total. The maximum atomic E-state index is 13.2. The molecule has 0 saturated carbocycles. The third kappa shape index (κ3) is 4.57. The summed E-state index contributed by atoms with van der Waals surface area (Å²) < 4.78 is 26.5. The second kappa shape index (κ2) is 5.88. The average molecular weight is 224 g/mol. The molecular weight excluding hydrogens is 206 g/mol. The van der Waals surface area contributed by atoms with Crippen molar-refractivity contribution in [1.82, 2.24) is 10.2 Å². The van der Waals surface area contributed by atoms with Crippen molar-refractivity contribution in [2.75, 3.05) is 44.7 Å². The van der Waals surface area contributed by atoms with E-state index in [2.05, 4.69) is 5.32 Å². The summed E-state index contributed by atoms with van der Waals surface area (Å²) >= 11 is 1.86. The zero-order chi connectivity index (χ0) is 10.4. The van der Waals surface area contributed by atoms with Crippen LogP contribution in [0.25, 0.3) is 0 Å². The first-order valence-corrected chi connectivity index (χ1v) is 6.12. The average Bonchev–Trinajstić information content (AvgIpc) is 2.31. The number of rotatable bonds is 4. The minimum absolute atomic E-state index is 0.103. The zero-order valence-electron chi connectivity index (χ0n) is 8.56. The first kappa shape index (κ1) is 12.2. The molecule has 1 aliphatic rings. The highest BCUT2D eigenvalue weighted by molar-refractivity contribution is 7.99. The summed E-state index contributed by atoms with van der Waals surface area (Å²) in [6.45, 7) is 1.28. The molecule has 0 aliphatic carbocycles. The first-order chi connectivity index (χ1) is 6.64. The predicted octanol–water partition coefficient (Wildman–Crippen LogP) is 1.28. The van der Waals surface area contributed by atoms with E-state index >= 15 is 0 Å². The van der Waals surface area contributed by atoms with Crippen molar-refractivity contribution < 1.29 is 8.78 Å². The maximum absolute atomic E-state index is 13.2. The van der Waals surface area contributed by atoms with Crippen LogP contribution in [0, 0.1) is 0 Å². The summed E-state index contributed by atoms with van der Waals surface area (Å²) in [4.78, 5) is 1.87. The molecule has 1 heterocycles. The summed E-state index contributed by atoms with van der Waals surface area (Å²) in [5, 5.41) is 2.53. The molecule has 0 amide bonds. The van der Waals surface area contributed by atoms with E-state index < -0.39 is 5.92 Å². The van der Waals surface area contributed by atoms with Crippen molar-refractivity contribution in [2.24, 2.45) is 0 Å². The van der Waals surface area contributed by atoms with E-state index in [-0.39, 0.29) is 13.1 Å². The number of alkyl halides is 2. The van der Waals surface area contributed by atoms with Crippen LogP contribution >= 0.6 is 11.8 Å². The lowest BCUT2D eigenvalue weighted by molar-refractivity contribution is -0.0274. The Morgan fingerprint density at radius 2 is 2.14 bits per heavy atom. The third-order valence-electron chi connectivity index (χ3n) is 2.21. The Morgan fingerprint density at radius 1 is 1.36 bits per heavy atom. The molecular formula is C9H18F2N2S. The Labute approximate surface area is 88.4 Å². The molecule has 1 N–H and O–H groups in total. The molecule has 1 fully saturated rings. The molecule has 0 radical (unpaired) electrons. The van der Waals surface area contributed by atoms with Gasteiger partial charge < -0.3 is 5.32 Å². The van der Waals surface area contributed by atoms with Gasteiger partial charge in [-0.2, -0.15) is 11.8 Å². The number of hydrogen-bond acceptors (Lipinski definition) is 3. The van der Waals surface area contributed by atoms with E-state index in [0.29, 0.717) is 0 Å². The van der Waals surface area contributed by atoms with Gasteiger partial charge in [0, 0.05) is 12.3 Å². The quantitative estimate of drug-likeness (QED) is 0.774. The van der Waals surface area contributed by atoms with Gasteiger partial charge in [0.25, 0.3) is 5.92 Å². The van der Waals surface area contributed by atoms with Crippen molar-refractivity contribution in [1.29, 1.82) is 0 Å². The SMILES string of the molecule is CNCC(F)(F)CN1CCCSCC1. The van der Waals surface area contributed by atoms with Crippen LogP contribution in [0.3, 0.4) is 0 Å². The van der Waals surface area contributed by atoms with Crippen LogP contribution < -0.4 is 5.32 Å². The molecule has 0 aromatic rings. The number of nitrogens with zero attached hydrogens (tertiary/aromatic N) is 1. The van der Waals surface area contributed by atoms with Gasteiger partial charge in [-0.3, -0.25) is 4.90 Å². The van der Waals surface area contributed by atoms with Gasteiger partial charge in [-0.05, 0) is 25.8 Å².